The van der Waals surface area contributed by atoms with Gasteiger partial charge in [-0.2, -0.15) is 0 Å². The van der Waals surface area contributed by atoms with E-state index in [0.717, 1.165) is 0 Å². The molecule has 0 bridgehead atoms. The quantitative estimate of drug-likeness (QED) is 0.118. The van der Waals surface area contributed by atoms with Crippen LogP contribution in [-0.4, -0.2) is 116 Å². The Morgan fingerprint density at radius 1 is 0.611 bits per heavy atom. The molecule has 14 heteroatoms. The van der Waals surface area contributed by atoms with Gasteiger partial charge in [-0.05, 0) is 12.8 Å². The van der Waals surface area contributed by atoms with E-state index in [-0.39, 0.29) is 89.8 Å². The number of hydrogen-bond acceptors (Lipinski definition) is 14. The van der Waals surface area contributed by atoms with Crippen molar-refractivity contribution in [2.75, 3.05) is 79.3 Å². The van der Waals surface area contributed by atoms with Gasteiger partial charge in [0.05, 0.1) is 52.9 Å². The molecule has 14 nitrogen and oxygen atoms in total. The lowest BCUT2D eigenvalue weighted by atomic mass is 10.2. The second kappa shape index (κ2) is 18.6. The highest BCUT2D eigenvalue weighted by Crippen LogP contribution is 2.07. The highest BCUT2D eigenvalue weighted by atomic mass is 16.8. The van der Waals surface area contributed by atoms with Gasteiger partial charge in [0.25, 0.3) is 0 Å². The van der Waals surface area contributed by atoms with Crippen molar-refractivity contribution in [2.45, 2.75) is 37.9 Å². The van der Waals surface area contributed by atoms with Crippen molar-refractivity contribution in [1.82, 2.24) is 0 Å². The standard InChI is InChI=1S/C22H34O14/c23-19(31-11-9-27-5-7-29-13-17-15-33-21(25)35-17)3-1-2-4-20(24)32-12-10-28-6-8-30-14-18-16-34-22(26)36-18/h17-18H,1-16H2. The van der Waals surface area contributed by atoms with Gasteiger partial charge in [-0.25, -0.2) is 9.59 Å². The Balaban J connectivity index is 1.26. The average Bonchev–Trinajstić information content (AvgIpc) is 3.47. The van der Waals surface area contributed by atoms with E-state index in [1.165, 1.54) is 0 Å². The lowest BCUT2D eigenvalue weighted by Gasteiger charge is -2.09. The van der Waals surface area contributed by atoms with E-state index in [4.69, 9.17) is 37.9 Å². The van der Waals surface area contributed by atoms with Crippen LogP contribution in [0.3, 0.4) is 0 Å². The van der Waals surface area contributed by atoms with Gasteiger partial charge in [-0.15, -0.1) is 0 Å². The van der Waals surface area contributed by atoms with E-state index in [0.29, 0.717) is 39.3 Å². The van der Waals surface area contributed by atoms with E-state index in [1.807, 2.05) is 0 Å². The van der Waals surface area contributed by atoms with Crippen LogP contribution in [0.2, 0.25) is 0 Å². The first-order valence-corrected chi connectivity index (χ1v) is 11.8. The van der Waals surface area contributed by atoms with Crippen LogP contribution in [0.25, 0.3) is 0 Å². The largest absolute Gasteiger partial charge is 0.508 e. The fourth-order valence-corrected chi connectivity index (χ4v) is 2.88. The molecule has 2 atom stereocenters. The van der Waals surface area contributed by atoms with Gasteiger partial charge >= 0.3 is 24.2 Å². The number of carbonyl (C=O) groups excluding carboxylic acids is 4. The van der Waals surface area contributed by atoms with Crippen molar-refractivity contribution >= 4 is 24.2 Å². The molecule has 0 amide bonds. The van der Waals surface area contributed by atoms with Crippen LogP contribution in [0.5, 0.6) is 0 Å². The van der Waals surface area contributed by atoms with E-state index >= 15 is 0 Å². The first-order valence-electron chi connectivity index (χ1n) is 11.8. The third kappa shape index (κ3) is 14.7. The maximum Gasteiger partial charge on any atom is 0.508 e. The molecule has 36 heavy (non-hydrogen) atoms. The normalized spacial score (nSPS) is 18.8. The van der Waals surface area contributed by atoms with Crippen molar-refractivity contribution in [3.8, 4) is 0 Å². The zero-order chi connectivity index (χ0) is 25.8. The minimum atomic E-state index is -0.689. The van der Waals surface area contributed by atoms with Crippen molar-refractivity contribution in [3.63, 3.8) is 0 Å². The summed E-state index contributed by atoms with van der Waals surface area (Å²) in [5, 5.41) is 0. The van der Waals surface area contributed by atoms with Crippen LogP contribution < -0.4 is 0 Å². The molecule has 2 heterocycles. The Labute approximate surface area is 208 Å². The van der Waals surface area contributed by atoms with Crippen molar-refractivity contribution < 1.29 is 66.5 Å². The van der Waals surface area contributed by atoms with Crippen LogP contribution in [0.4, 0.5) is 9.59 Å². The SMILES string of the molecule is O=C(CCCCC(=O)OCCOCCOCC1COC(=O)O1)OCCOCCOCC1COC(=O)O1. The number of rotatable bonds is 21. The minimum absolute atomic E-state index is 0.127. The molecule has 2 saturated heterocycles. The average molecular weight is 523 g/mol. The molecule has 0 saturated carbocycles. The number of unbranched alkanes of at least 4 members (excludes halogenated alkanes) is 1. The molecule has 2 aliphatic rings. The summed E-state index contributed by atoms with van der Waals surface area (Å²) >= 11 is 0. The van der Waals surface area contributed by atoms with Gasteiger partial charge in [-0.1, -0.05) is 0 Å². The molecule has 0 aromatic rings. The molecule has 0 aliphatic carbocycles. The monoisotopic (exact) mass is 522 g/mol. The summed E-state index contributed by atoms with van der Waals surface area (Å²) in [6.45, 7) is 2.83. The fourth-order valence-electron chi connectivity index (χ4n) is 2.88. The van der Waals surface area contributed by atoms with Crippen LogP contribution in [-0.2, 0) is 57.0 Å². The minimum Gasteiger partial charge on any atom is -0.463 e. The molecular weight excluding hydrogens is 488 g/mol. The molecule has 0 N–H and O–H groups in total. The number of hydrogen-bond donors (Lipinski definition) is 0. The predicted octanol–water partition coefficient (Wildman–Crippen LogP) is 0.770. The van der Waals surface area contributed by atoms with Crippen LogP contribution in [0, 0.1) is 0 Å². The van der Waals surface area contributed by atoms with E-state index in [9.17, 15) is 19.2 Å². The zero-order valence-corrected chi connectivity index (χ0v) is 20.2. The van der Waals surface area contributed by atoms with Crippen molar-refractivity contribution in [2.24, 2.45) is 0 Å². The number of cyclic esters (lactones) is 4. The van der Waals surface area contributed by atoms with Crippen LogP contribution in [0.15, 0.2) is 0 Å². The maximum absolute atomic E-state index is 11.7. The van der Waals surface area contributed by atoms with Gasteiger partial charge in [0, 0.05) is 12.8 Å². The molecule has 206 valence electrons. The number of esters is 2. The van der Waals surface area contributed by atoms with Gasteiger partial charge in [0.15, 0.2) is 12.2 Å². The van der Waals surface area contributed by atoms with Gasteiger partial charge in [-0.3, -0.25) is 9.59 Å². The highest BCUT2D eigenvalue weighted by Gasteiger charge is 2.25. The lowest BCUT2D eigenvalue weighted by Crippen LogP contribution is -2.20. The molecule has 2 aliphatic heterocycles. The Kier molecular flexibility index (Phi) is 15.2. The summed E-state index contributed by atoms with van der Waals surface area (Å²) in [4.78, 5) is 44.8. The van der Waals surface area contributed by atoms with Gasteiger partial charge in [0.1, 0.15) is 26.4 Å². The molecule has 0 aromatic heterocycles. The molecular formula is C22H34O14. The third-order valence-electron chi connectivity index (χ3n) is 4.64. The zero-order valence-electron chi connectivity index (χ0n) is 20.2. The van der Waals surface area contributed by atoms with E-state index < -0.39 is 12.3 Å². The summed E-state index contributed by atoms with van der Waals surface area (Å²) in [7, 11) is 0. The Morgan fingerprint density at radius 3 is 1.39 bits per heavy atom. The predicted molar refractivity (Wildman–Crippen MR) is 116 cm³/mol. The molecule has 0 radical (unpaired) electrons. The first kappa shape index (κ1) is 29.5. The highest BCUT2D eigenvalue weighted by molar-refractivity contribution is 5.70. The molecule has 2 unspecified atom stereocenters. The smallest absolute Gasteiger partial charge is 0.463 e. The Morgan fingerprint density at radius 2 is 1.00 bits per heavy atom. The van der Waals surface area contributed by atoms with Crippen molar-refractivity contribution in [3.05, 3.63) is 0 Å². The Hall–Kier alpha value is -2.68. The first-order chi connectivity index (χ1) is 17.5. The summed E-state index contributed by atoms with van der Waals surface area (Å²) in [5.41, 5.74) is 0. The molecule has 2 fully saturated rings. The lowest BCUT2D eigenvalue weighted by molar-refractivity contribution is -0.147. The summed E-state index contributed by atoms with van der Waals surface area (Å²) in [6, 6.07) is 0. The summed E-state index contributed by atoms with van der Waals surface area (Å²) in [5.74, 6) is -0.721. The van der Waals surface area contributed by atoms with E-state index in [2.05, 4.69) is 9.47 Å². The van der Waals surface area contributed by atoms with Crippen LogP contribution in [0.1, 0.15) is 25.7 Å². The topological polar surface area (TPSA) is 161 Å². The summed E-state index contributed by atoms with van der Waals surface area (Å²) in [6.07, 6.45) is -0.737. The molecule has 0 aromatic carbocycles. The fraction of sp³-hybridized carbons (Fsp3) is 0.818. The van der Waals surface area contributed by atoms with E-state index in [1.54, 1.807) is 0 Å². The Bertz CT molecular complexity index is 613. The van der Waals surface area contributed by atoms with Crippen LogP contribution >= 0.6 is 0 Å². The second-order valence-corrected chi connectivity index (χ2v) is 7.62. The van der Waals surface area contributed by atoms with Crippen molar-refractivity contribution in [1.29, 1.82) is 0 Å². The molecule has 0 spiro atoms. The second-order valence-electron chi connectivity index (χ2n) is 7.62. The third-order valence-corrected chi connectivity index (χ3v) is 4.64. The number of ether oxygens (including phenoxy) is 10. The number of carbonyl (C=O) groups is 4. The summed E-state index contributed by atoms with van der Waals surface area (Å²) < 4.78 is 50.1. The maximum atomic E-state index is 11.7. The van der Waals surface area contributed by atoms with Gasteiger partial charge < -0.3 is 47.4 Å². The molecule has 2 rings (SSSR count). The van der Waals surface area contributed by atoms with Gasteiger partial charge in [0.2, 0.25) is 0 Å².